The lowest BCUT2D eigenvalue weighted by Crippen LogP contribution is -2.76. The summed E-state index contributed by atoms with van der Waals surface area (Å²) in [4.78, 5) is 15.1. The Labute approximate surface area is 163 Å². The van der Waals surface area contributed by atoms with Gasteiger partial charge >= 0.3 is 0 Å². The molecule has 0 aromatic heterocycles. The van der Waals surface area contributed by atoms with Crippen molar-refractivity contribution in [1.29, 1.82) is 0 Å². The van der Waals surface area contributed by atoms with Gasteiger partial charge in [-0.05, 0) is 43.7 Å². The van der Waals surface area contributed by atoms with Crippen LogP contribution in [0.15, 0.2) is 24.3 Å². The van der Waals surface area contributed by atoms with Crippen molar-refractivity contribution >= 4 is 5.91 Å². The normalized spacial score (nSPS) is 27.9. The van der Waals surface area contributed by atoms with Crippen LogP contribution in [0.2, 0.25) is 0 Å². The van der Waals surface area contributed by atoms with Gasteiger partial charge in [0.15, 0.2) is 0 Å². The van der Waals surface area contributed by atoms with Gasteiger partial charge in [-0.1, -0.05) is 32.0 Å². The number of nitrogens with zero attached hydrogens (tertiary/aromatic N) is 1. The van der Waals surface area contributed by atoms with Gasteiger partial charge in [0, 0.05) is 31.5 Å². The number of amides is 1. The summed E-state index contributed by atoms with van der Waals surface area (Å²) in [5.74, 6) is 1.62. The molecule has 1 aliphatic heterocycles. The average molecular weight is 375 g/mol. The summed E-state index contributed by atoms with van der Waals surface area (Å²) in [6.07, 6.45) is 3.70. The van der Waals surface area contributed by atoms with Crippen LogP contribution < -0.4 is 10.5 Å². The highest BCUT2D eigenvalue weighted by Crippen LogP contribution is 2.50. The van der Waals surface area contributed by atoms with Gasteiger partial charge in [-0.3, -0.25) is 4.79 Å². The summed E-state index contributed by atoms with van der Waals surface area (Å²) in [5.41, 5.74) is 6.71. The van der Waals surface area contributed by atoms with E-state index in [0.717, 1.165) is 38.1 Å². The first-order valence-corrected chi connectivity index (χ1v) is 10.1. The Morgan fingerprint density at radius 3 is 2.52 bits per heavy atom. The number of carbonyl (C=O) groups excluding carboxylic acids is 1. The van der Waals surface area contributed by atoms with Crippen LogP contribution >= 0.6 is 0 Å². The van der Waals surface area contributed by atoms with Crippen LogP contribution in [0, 0.1) is 11.3 Å². The molecule has 1 heterocycles. The van der Waals surface area contributed by atoms with Crippen molar-refractivity contribution < 1.29 is 14.3 Å². The SMILES string of the molecule is CCOC1CC(N)(C(=O)N2CCC(Cc3ccccc3OC)CC2)C1(C)C. The van der Waals surface area contributed by atoms with E-state index in [0.29, 0.717) is 18.9 Å². The molecule has 1 aromatic rings. The maximum atomic E-state index is 13.2. The highest BCUT2D eigenvalue weighted by Gasteiger charge is 2.63. The predicted octanol–water partition coefficient (Wildman–Crippen LogP) is 3.01. The van der Waals surface area contributed by atoms with Crippen molar-refractivity contribution in [3.05, 3.63) is 29.8 Å². The summed E-state index contributed by atoms with van der Waals surface area (Å²) >= 11 is 0. The molecule has 5 heteroatoms. The predicted molar refractivity (Wildman–Crippen MR) is 107 cm³/mol. The lowest BCUT2D eigenvalue weighted by atomic mass is 9.54. The molecular weight excluding hydrogens is 340 g/mol. The van der Waals surface area contributed by atoms with E-state index in [4.69, 9.17) is 15.2 Å². The van der Waals surface area contributed by atoms with Gasteiger partial charge in [0.05, 0.1) is 13.2 Å². The minimum absolute atomic E-state index is 0.0690. The molecule has 150 valence electrons. The number of hydrogen-bond donors (Lipinski definition) is 1. The third-order valence-corrected chi connectivity index (χ3v) is 6.81. The van der Waals surface area contributed by atoms with Crippen LogP contribution in [0.1, 0.15) is 45.6 Å². The lowest BCUT2D eigenvalue weighted by Gasteiger charge is -2.59. The standard InChI is InChI=1S/C22H34N2O3/c1-5-27-19-15-22(23,21(19,2)3)20(25)24-12-10-16(11-13-24)14-17-8-6-7-9-18(17)26-4/h6-9,16,19H,5,10-15,23H2,1-4H3. The summed E-state index contributed by atoms with van der Waals surface area (Å²) in [7, 11) is 1.72. The van der Waals surface area contributed by atoms with Gasteiger partial charge in [0.25, 0.3) is 0 Å². The molecule has 27 heavy (non-hydrogen) atoms. The van der Waals surface area contributed by atoms with Gasteiger partial charge in [0.1, 0.15) is 11.3 Å². The number of ether oxygens (including phenoxy) is 2. The molecular formula is C22H34N2O3. The third-order valence-electron chi connectivity index (χ3n) is 6.81. The summed E-state index contributed by atoms with van der Waals surface area (Å²) in [6, 6.07) is 8.21. The number of carbonyl (C=O) groups is 1. The highest BCUT2D eigenvalue weighted by molar-refractivity contribution is 5.89. The Morgan fingerprint density at radius 2 is 1.93 bits per heavy atom. The van der Waals surface area contributed by atoms with Crippen LogP contribution in [0.3, 0.4) is 0 Å². The molecule has 5 nitrogen and oxygen atoms in total. The first-order valence-electron chi connectivity index (χ1n) is 10.1. The van der Waals surface area contributed by atoms with Crippen LogP contribution in [0.5, 0.6) is 5.75 Å². The van der Waals surface area contributed by atoms with Gasteiger partial charge in [0.2, 0.25) is 5.91 Å². The van der Waals surface area contributed by atoms with Gasteiger partial charge in [-0.15, -0.1) is 0 Å². The fraction of sp³-hybridized carbons (Fsp3) is 0.682. The molecule has 1 aliphatic carbocycles. The first kappa shape index (κ1) is 20.2. The number of methoxy groups -OCH3 is 1. The molecule has 3 rings (SSSR count). The maximum Gasteiger partial charge on any atom is 0.243 e. The zero-order valence-corrected chi connectivity index (χ0v) is 17.2. The molecule has 0 radical (unpaired) electrons. The number of hydrogen-bond acceptors (Lipinski definition) is 4. The fourth-order valence-electron chi connectivity index (χ4n) is 4.60. The largest absolute Gasteiger partial charge is 0.496 e. The second kappa shape index (κ2) is 7.80. The van der Waals surface area contributed by atoms with Gasteiger partial charge < -0.3 is 20.1 Å². The third kappa shape index (κ3) is 3.59. The first-order chi connectivity index (χ1) is 12.8. The lowest BCUT2D eigenvalue weighted by molar-refractivity contribution is -0.180. The number of likely N-dealkylation sites (tertiary alicyclic amines) is 1. The van der Waals surface area contributed by atoms with E-state index in [2.05, 4.69) is 26.0 Å². The Bertz CT molecular complexity index is 667. The van der Waals surface area contributed by atoms with E-state index in [9.17, 15) is 4.79 Å². The molecule has 2 atom stereocenters. The van der Waals surface area contributed by atoms with Crippen molar-refractivity contribution in [2.75, 3.05) is 26.8 Å². The molecule has 1 amide bonds. The number of piperidine rings is 1. The van der Waals surface area contributed by atoms with Crippen LogP contribution in [0.25, 0.3) is 0 Å². The van der Waals surface area contributed by atoms with Crippen LogP contribution in [-0.2, 0) is 16.0 Å². The second-order valence-corrected chi connectivity index (χ2v) is 8.59. The van der Waals surface area contributed by atoms with Crippen LogP contribution in [-0.4, -0.2) is 49.3 Å². The number of nitrogens with two attached hydrogens (primary N) is 1. The summed E-state index contributed by atoms with van der Waals surface area (Å²) in [5, 5.41) is 0. The molecule has 0 spiro atoms. The zero-order chi connectivity index (χ0) is 19.7. The Morgan fingerprint density at radius 1 is 1.26 bits per heavy atom. The molecule has 2 fully saturated rings. The smallest absolute Gasteiger partial charge is 0.243 e. The topological polar surface area (TPSA) is 64.8 Å². The van der Waals surface area contributed by atoms with E-state index in [-0.39, 0.29) is 17.4 Å². The van der Waals surface area contributed by atoms with Crippen LogP contribution in [0.4, 0.5) is 0 Å². The van der Waals surface area contributed by atoms with E-state index < -0.39 is 5.54 Å². The van der Waals surface area contributed by atoms with Crippen molar-refractivity contribution in [2.45, 2.75) is 58.1 Å². The van der Waals surface area contributed by atoms with Gasteiger partial charge in [-0.2, -0.15) is 0 Å². The average Bonchev–Trinajstić information content (AvgIpc) is 2.68. The van der Waals surface area contributed by atoms with E-state index >= 15 is 0 Å². The van der Waals surface area contributed by atoms with Gasteiger partial charge in [-0.25, -0.2) is 0 Å². The second-order valence-electron chi connectivity index (χ2n) is 8.59. The van der Waals surface area contributed by atoms with Crippen molar-refractivity contribution in [3.8, 4) is 5.75 Å². The molecule has 1 aromatic carbocycles. The molecule has 2 aliphatic rings. The minimum atomic E-state index is -0.803. The number of benzene rings is 1. The van der Waals surface area contributed by atoms with Crippen molar-refractivity contribution in [3.63, 3.8) is 0 Å². The Kier molecular flexibility index (Phi) is 5.82. The summed E-state index contributed by atoms with van der Waals surface area (Å²) in [6.45, 7) is 8.33. The van der Waals surface area contributed by atoms with E-state index in [1.807, 2.05) is 24.0 Å². The van der Waals surface area contributed by atoms with Crippen molar-refractivity contribution in [2.24, 2.45) is 17.1 Å². The monoisotopic (exact) mass is 374 g/mol. The molecule has 0 bridgehead atoms. The fourth-order valence-corrected chi connectivity index (χ4v) is 4.60. The number of rotatable bonds is 6. The summed E-state index contributed by atoms with van der Waals surface area (Å²) < 4.78 is 11.2. The maximum absolute atomic E-state index is 13.2. The molecule has 1 saturated carbocycles. The quantitative estimate of drug-likeness (QED) is 0.831. The highest BCUT2D eigenvalue weighted by atomic mass is 16.5. The van der Waals surface area contributed by atoms with E-state index in [1.54, 1.807) is 7.11 Å². The van der Waals surface area contributed by atoms with Crippen molar-refractivity contribution in [1.82, 2.24) is 4.90 Å². The zero-order valence-electron chi connectivity index (χ0n) is 17.2. The van der Waals surface area contributed by atoms with E-state index in [1.165, 1.54) is 5.56 Å². The molecule has 2 N–H and O–H groups in total. The Hall–Kier alpha value is -1.59. The molecule has 2 unspecified atom stereocenters. The Balaban J connectivity index is 1.57. The number of para-hydroxylation sites is 1. The molecule has 1 saturated heterocycles. The minimum Gasteiger partial charge on any atom is -0.496 e.